The van der Waals surface area contributed by atoms with Crippen molar-refractivity contribution in [2.45, 2.75) is 18.5 Å². The van der Waals surface area contributed by atoms with Crippen LogP contribution in [0, 0.1) is 0 Å². The van der Waals surface area contributed by atoms with Crippen molar-refractivity contribution in [2.24, 2.45) is 0 Å². The molecule has 2 atom stereocenters. The molecular formula is C11H13BrO3. The predicted octanol–water partition coefficient (Wildman–Crippen LogP) is 1.69. The van der Waals surface area contributed by atoms with Gasteiger partial charge in [-0.2, -0.15) is 0 Å². The van der Waals surface area contributed by atoms with Crippen LogP contribution in [0.4, 0.5) is 0 Å². The van der Waals surface area contributed by atoms with Gasteiger partial charge in [0.05, 0.1) is 19.1 Å². The van der Waals surface area contributed by atoms with Gasteiger partial charge in [-0.3, -0.25) is 0 Å². The minimum atomic E-state index is -1.46. The van der Waals surface area contributed by atoms with E-state index in [2.05, 4.69) is 15.9 Å². The van der Waals surface area contributed by atoms with Crippen molar-refractivity contribution >= 4 is 15.9 Å². The molecule has 0 saturated carbocycles. The summed E-state index contributed by atoms with van der Waals surface area (Å²) < 4.78 is 10.6. The lowest BCUT2D eigenvalue weighted by molar-refractivity contribution is -0.309. The fourth-order valence-corrected chi connectivity index (χ4v) is 1.89. The van der Waals surface area contributed by atoms with E-state index in [4.69, 9.17) is 9.47 Å². The Bertz CT molecular complexity index is 317. The average Bonchev–Trinajstić information content (AvgIpc) is 2.61. The largest absolute Gasteiger partial charge is 0.343 e. The molecule has 15 heavy (non-hydrogen) atoms. The van der Waals surface area contributed by atoms with Gasteiger partial charge in [0.1, 0.15) is 0 Å². The SMILES string of the molecule is OC1(Cc2ccccc2)OCC(CBr)O1. The van der Waals surface area contributed by atoms with Crippen molar-refractivity contribution in [3.8, 4) is 0 Å². The molecule has 3 nitrogen and oxygen atoms in total. The first-order valence-corrected chi connectivity index (χ1v) is 5.98. The Morgan fingerprint density at radius 2 is 2.13 bits per heavy atom. The van der Waals surface area contributed by atoms with E-state index in [1.54, 1.807) is 0 Å². The smallest absolute Gasteiger partial charge is 0.285 e. The van der Waals surface area contributed by atoms with Gasteiger partial charge in [-0.05, 0) is 5.56 Å². The summed E-state index contributed by atoms with van der Waals surface area (Å²) in [6.07, 6.45) is 0.288. The zero-order valence-electron chi connectivity index (χ0n) is 8.23. The van der Waals surface area contributed by atoms with Gasteiger partial charge < -0.3 is 14.6 Å². The maximum atomic E-state index is 9.98. The number of rotatable bonds is 3. The molecule has 0 bridgehead atoms. The number of alkyl halides is 1. The third-order valence-electron chi connectivity index (χ3n) is 2.29. The quantitative estimate of drug-likeness (QED) is 0.852. The maximum absolute atomic E-state index is 9.98. The number of hydrogen-bond donors (Lipinski definition) is 1. The van der Waals surface area contributed by atoms with Crippen LogP contribution in [0.15, 0.2) is 30.3 Å². The molecule has 0 aliphatic carbocycles. The molecule has 1 N–H and O–H groups in total. The van der Waals surface area contributed by atoms with Crippen molar-refractivity contribution in [1.29, 1.82) is 0 Å². The second kappa shape index (κ2) is 4.61. The fraction of sp³-hybridized carbons (Fsp3) is 0.455. The Labute approximate surface area is 97.1 Å². The third kappa shape index (κ3) is 2.78. The first-order valence-electron chi connectivity index (χ1n) is 4.86. The minimum Gasteiger partial charge on any atom is -0.343 e. The molecule has 82 valence electrons. The van der Waals surface area contributed by atoms with E-state index in [1.165, 1.54) is 0 Å². The summed E-state index contributed by atoms with van der Waals surface area (Å²) in [7, 11) is 0. The van der Waals surface area contributed by atoms with E-state index in [0.717, 1.165) is 5.56 Å². The molecule has 4 heteroatoms. The molecule has 2 unspecified atom stereocenters. The Morgan fingerprint density at radius 3 is 2.73 bits per heavy atom. The van der Waals surface area contributed by atoms with E-state index < -0.39 is 5.97 Å². The molecule has 1 saturated heterocycles. The first kappa shape index (κ1) is 11.1. The monoisotopic (exact) mass is 272 g/mol. The zero-order chi connectivity index (χ0) is 10.7. The third-order valence-corrected chi connectivity index (χ3v) is 3.01. The first-order chi connectivity index (χ1) is 7.22. The molecule has 0 spiro atoms. The van der Waals surface area contributed by atoms with Crippen molar-refractivity contribution in [3.05, 3.63) is 35.9 Å². The van der Waals surface area contributed by atoms with Crippen molar-refractivity contribution in [2.75, 3.05) is 11.9 Å². The fourth-order valence-electron chi connectivity index (χ4n) is 1.57. The Hall–Kier alpha value is -0.420. The van der Waals surface area contributed by atoms with Gasteiger partial charge in [0.2, 0.25) is 0 Å². The number of benzene rings is 1. The molecule has 0 aromatic heterocycles. The lowest BCUT2D eigenvalue weighted by atomic mass is 10.1. The van der Waals surface area contributed by atoms with Crippen LogP contribution in [0.5, 0.6) is 0 Å². The molecule has 0 amide bonds. The molecular weight excluding hydrogens is 260 g/mol. The van der Waals surface area contributed by atoms with Gasteiger partial charge >= 0.3 is 0 Å². The van der Waals surface area contributed by atoms with Gasteiger partial charge in [0.25, 0.3) is 5.97 Å². The highest BCUT2D eigenvalue weighted by molar-refractivity contribution is 9.09. The molecule has 1 fully saturated rings. The van der Waals surface area contributed by atoms with Gasteiger partial charge in [0.15, 0.2) is 0 Å². The van der Waals surface area contributed by atoms with Crippen molar-refractivity contribution in [3.63, 3.8) is 0 Å². The van der Waals surface area contributed by atoms with E-state index in [0.29, 0.717) is 18.4 Å². The lowest BCUT2D eigenvalue weighted by Crippen LogP contribution is -2.33. The highest BCUT2D eigenvalue weighted by atomic mass is 79.9. The standard InChI is InChI=1S/C11H13BrO3/c12-7-10-8-14-11(13,15-10)6-9-4-2-1-3-5-9/h1-5,10,13H,6-8H2. The molecule has 1 aliphatic heterocycles. The Morgan fingerprint density at radius 1 is 1.40 bits per heavy atom. The number of hydrogen-bond acceptors (Lipinski definition) is 3. The summed E-state index contributed by atoms with van der Waals surface area (Å²) in [6, 6.07) is 9.66. The summed E-state index contributed by atoms with van der Waals surface area (Å²) in [5.74, 6) is -1.46. The van der Waals surface area contributed by atoms with Gasteiger partial charge in [-0.25, -0.2) is 0 Å². The zero-order valence-corrected chi connectivity index (χ0v) is 9.81. The van der Waals surface area contributed by atoms with E-state index >= 15 is 0 Å². The van der Waals surface area contributed by atoms with E-state index in [9.17, 15) is 5.11 Å². The van der Waals surface area contributed by atoms with Crippen LogP contribution < -0.4 is 0 Å². The second-order valence-electron chi connectivity index (χ2n) is 3.58. The van der Waals surface area contributed by atoms with Gasteiger partial charge in [0, 0.05) is 5.33 Å². The highest BCUT2D eigenvalue weighted by Crippen LogP contribution is 2.25. The minimum absolute atomic E-state index is 0.0706. The summed E-state index contributed by atoms with van der Waals surface area (Å²) in [5.41, 5.74) is 0.996. The summed E-state index contributed by atoms with van der Waals surface area (Å²) >= 11 is 3.30. The van der Waals surface area contributed by atoms with Crippen molar-refractivity contribution < 1.29 is 14.6 Å². The topological polar surface area (TPSA) is 38.7 Å². The predicted molar refractivity (Wildman–Crippen MR) is 59.7 cm³/mol. The molecule has 0 radical (unpaired) electrons. The summed E-state index contributed by atoms with van der Waals surface area (Å²) in [6.45, 7) is 0.425. The van der Waals surface area contributed by atoms with E-state index in [-0.39, 0.29) is 6.10 Å². The Balaban J connectivity index is 2.00. The van der Waals surface area contributed by atoms with Crippen molar-refractivity contribution in [1.82, 2.24) is 0 Å². The normalized spacial score (nSPS) is 30.7. The van der Waals surface area contributed by atoms with Gasteiger partial charge in [-0.1, -0.05) is 46.3 Å². The highest BCUT2D eigenvalue weighted by Gasteiger charge is 2.39. The van der Waals surface area contributed by atoms with Crippen LogP contribution in [0.3, 0.4) is 0 Å². The van der Waals surface area contributed by atoms with Crippen LogP contribution in [0.1, 0.15) is 5.56 Å². The van der Waals surface area contributed by atoms with Crippen LogP contribution in [-0.4, -0.2) is 29.1 Å². The maximum Gasteiger partial charge on any atom is 0.285 e. The molecule has 1 heterocycles. The van der Waals surface area contributed by atoms with Crippen LogP contribution in [0.2, 0.25) is 0 Å². The van der Waals surface area contributed by atoms with E-state index in [1.807, 2.05) is 30.3 Å². The lowest BCUT2D eigenvalue weighted by Gasteiger charge is -2.20. The molecule has 1 aromatic carbocycles. The summed E-state index contributed by atoms with van der Waals surface area (Å²) in [5, 5.41) is 10.7. The van der Waals surface area contributed by atoms with Crippen LogP contribution in [0.25, 0.3) is 0 Å². The van der Waals surface area contributed by atoms with Crippen LogP contribution >= 0.6 is 15.9 Å². The summed E-state index contributed by atoms with van der Waals surface area (Å²) in [4.78, 5) is 0. The Kier molecular flexibility index (Phi) is 3.41. The number of halogens is 1. The molecule has 1 aromatic rings. The van der Waals surface area contributed by atoms with Gasteiger partial charge in [-0.15, -0.1) is 0 Å². The van der Waals surface area contributed by atoms with Crippen LogP contribution in [-0.2, 0) is 15.9 Å². The number of ether oxygens (including phenoxy) is 2. The average molecular weight is 273 g/mol. The second-order valence-corrected chi connectivity index (χ2v) is 4.23. The number of aliphatic hydroxyl groups is 1. The molecule has 2 rings (SSSR count). The molecule has 1 aliphatic rings.